The van der Waals surface area contributed by atoms with Crippen molar-refractivity contribution in [2.45, 2.75) is 26.2 Å². The van der Waals surface area contributed by atoms with E-state index in [1.165, 1.54) is 19.4 Å². The molecular formula is C19H22N2O3. The topological polar surface area (TPSA) is 70.9 Å². The van der Waals surface area contributed by atoms with E-state index in [4.69, 9.17) is 4.74 Å². The fourth-order valence-electron chi connectivity index (χ4n) is 2.14. The second-order valence-electron chi connectivity index (χ2n) is 6.46. The van der Waals surface area contributed by atoms with Gasteiger partial charge in [0.15, 0.2) is 11.5 Å². The molecule has 5 heteroatoms. The lowest BCUT2D eigenvalue weighted by Crippen LogP contribution is -2.18. The third-order valence-corrected chi connectivity index (χ3v) is 3.60. The SMILES string of the molecule is COc1ccc(C=NNC(=O)c2ccc(C(C)(C)C)cc2)cc1O. The first-order chi connectivity index (χ1) is 11.3. The Morgan fingerprint density at radius 3 is 2.38 bits per heavy atom. The van der Waals surface area contributed by atoms with E-state index in [0.717, 1.165) is 5.56 Å². The Morgan fingerprint density at radius 1 is 1.17 bits per heavy atom. The van der Waals surface area contributed by atoms with Crippen molar-refractivity contribution in [1.29, 1.82) is 0 Å². The lowest BCUT2D eigenvalue weighted by Gasteiger charge is -2.18. The summed E-state index contributed by atoms with van der Waals surface area (Å²) >= 11 is 0. The fraction of sp³-hybridized carbons (Fsp3) is 0.263. The molecule has 126 valence electrons. The lowest BCUT2D eigenvalue weighted by molar-refractivity contribution is 0.0955. The van der Waals surface area contributed by atoms with Gasteiger partial charge in [0.25, 0.3) is 5.91 Å². The average molecular weight is 326 g/mol. The molecule has 0 aliphatic heterocycles. The third-order valence-electron chi connectivity index (χ3n) is 3.60. The maximum Gasteiger partial charge on any atom is 0.271 e. The molecule has 0 spiro atoms. The number of aromatic hydroxyl groups is 1. The van der Waals surface area contributed by atoms with Gasteiger partial charge < -0.3 is 9.84 Å². The highest BCUT2D eigenvalue weighted by molar-refractivity contribution is 5.95. The number of carbonyl (C=O) groups excluding carboxylic acids is 1. The molecule has 2 aromatic rings. The molecule has 5 nitrogen and oxygen atoms in total. The molecule has 2 rings (SSSR count). The summed E-state index contributed by atoms with van der Waals surface area (Å²) in [6, 6.07) is 12.3. The van der Waals surface area contributed by atoms with Crippen LogP contribution >= 0.6 is 0 Å². The van der Waals surface area contributed by atoms with Crippen LogP contribution in [0.2, 0.25) is 0 Å². The summed E-state index contributed by atoms with van der Waals surface area (Å²) in [7, 11) is 1.48. The van der Waals surface area contributed by atoms with E-state index in [9.17, 15) is 9.90 Å². The van der Waals surface area contributed by atoms with E-state index >= 15 is 0 Å². The molecule has 0 heterocycles. The molecule has 2 N–H and O–H groups in total. The minimum Gasteiger partial charge on any atom is -0.504 e. The van der Waals surface area contributed by atoms with E-state index in [0.29, 0.717) is 16.9 Å². The largest absolute Gasteiger partial charge is 0.504 e. The molecule has 2 aromatic carbocycles. The molecule has 0 bridgehead atoms. The molecule has 0 fully saturated rings. The second-order valence-corrected chi connectivity index (χ2v) is 6.46. The molecule has 0 radical (unpaired) electrons. The molecule has 24 heavy (non-hydrogen) atoms. The van der Waals surface area contributed by atoms with Crippen LogP contribution < -0.4 is 10.2 Å². The number of benzene rings is 2. The van der Waals surface area contributed by atoms with Gasteiger partial charge in [0, 0.05) is 5.56 Å². The summed E-state index contributed by atoms with van der Waals surface area (Å²) in [5.74, 6) is 0.116. The highest BCUT2D eigenvalue weighted by Crippen LogP contribution is 2.25. The number of rotatable bonds is 4. The zero-order valence-electron chi connectivity index (χ0n) is 14.3. The highest BCUT2D eigenvalue weighted by Gasteiger charge is 2.14. The molecule has 0 aliphatic rings. The van der Waals surface area contributed by atoms with Gasteiger partial charge >= 0.3 is 0 Å². The number of hydrogen-bond acceptors (Lipinski definition) is 4. The minimum absolute atomic E-state index is 0.0190. The fourth-order valence-corrected chi connectivity index (χ4v) is 2.14. The Balaban J connectivity index is 2.01. The van der Waals surface area contributed by atoms with Crippen LogP contribution in [0.25, 0.3) is 0 Å². The van der Waals surface area contributed by atoms with Crippen molar-refractivity contribution in [2.24, 2.45) is 5.10 Å². The number of phenols is 1. The van der Waals surface area contributed by atoms with Crippen LogP contribution in [0.1, 0.15) is 42.3 Å². The maximum absolute atomic E-state index is 12.1. The molecule has 0 unspecified atom stereocenters. The Morgan fingerprint density at radius 2 is 1.83 bits per heavy atom. The van der Waals surface area contributed by atoms with Gasteiger partial charge in [0.2, 0.25) is 0 Å². The predicted molar refractivity (Wildman–Crippen MR) is 94.9 cm³/mol. The van der Waals surface area contributed by atoms with Gasteiger partial charge in [-0.3, -0.25) is 4.79 Å². The zero-order chi connectivity index (χ0) is 17.7. The van der Waals surface area contributed by atoms with Gasteiger partial charge in [-0.05, 0) is 46.9 Å². The number of ether oxygens (including phenoxy) is 1. The highest BCUT2D eigenvalue weighted by atomic mass is 16.5. The van der Waals surface area contributed by atoms with Crippen molar-refractivity contribution in [2.75, 3.05) is 7.11 Å². The third kappa shape index (κ3) is 4.35. The van der Waals surface area contributed by atoms with Gasteiger partial charge in [-0.25, -0.2) is 5.43 Å². The van der Waals surface area contributed by atoms with Gasteiger partial charge in [0.1, 0.15) is 0 Å². The van der Waals surface area contributed by atoms with Gasteiger partial charge in [-0.2, -0.15) is 5.10 Å². The first-order valence-corrected chi connectivity index (χ1v) is 7.62. The number of methoxy groups -OCH3 is 1. The van der Waals surface area contributed by atoms with E-state index in [2.05, 4.69) is 31.3 Å². The number of hydrogen-bond donors (Lipinski definition) is 2. The van der Waals surface area contributed by atoms with Crippen LogP contribution in [-0.4, -0.2) is 24.3 Å². The Labute approximate surface area is 142 Å². The summed E-state index contributed by atoms with van der Waals surface area (Å²) in [6.07, 6.45) is 1.46. The molecule has 0 saturated carbocycles. The van der Waals surface area contributed by atoms with E-state index in [1.807, 2.05) is 12.1 Å². The molecular weight excluding hydrogens is 304 g/mol. The number of nitrogens with zero attached hydrogens (tertiary/aromatic N) is 1. The summed E-state index contributed by atoms with van der Waals surface area (Å²) in [5, 5.41) is 13.6. The van der Waals surface area contributed by atoms with Crippen molar-refractivity contribution in [3.8, 4) is 11.5 Å². The summed E-state index contributed by atoms with van der Waals surface area (Å²) < 4.78 is 4.97. The zero-order valence-corrected chi connectivity index (χ0v) is 14.3. The van der Waals surface area contributed by atoms with Crippen LogP contribution in [0.5, 0.6) is 11.5 Å². The Bertz CT molecular complexity index is 744. The summed E-state index contributed by atoms with van der Waals surface area (Å²) in [4.78, 5) is 12.1. The van der Waals surface area contributed by atoms with Crippen LogP contribution in [0.3, 0.4) is 0 Å². The van der Waals surface area contributed by atoms with Crippen molar-refractivity contribution in [3.63, 3.8) is 0 Å². The van der Waals surface area contributed by atoms with E-state index in [-0.39, 0.29) is 17.1 Å². The van der Waals surface area contributed by atoms with Crippen LogP contribution in [-0.2, 0) is 5.41 Å². The Hall–Kier alpha value is -2.82. The number of carbonyl (C=O) groups is 1. The molecule has 0 aromatic heterocycles. The molecule has 0 aliphatic carbocycles. The normalized spacial score (nSPS) is 11.5. The summed E-state index contributed by atoms with van der Waals surface area (Å²) in [5.41, 5.74) is 4.87. The van der Waals surface area contributed by atoms with Crippen molar-refractivity contribution < 1.29 is 14.6 Å². The Kier molecular flexibility index (Phi) is 5.24. The number of nitrogens with one attached hydrogen (secondary N) is 1. The molecule has 0 atom stereocenters. The summed E-state index contributed by atoms with van der Waals surface area (Å²) in [6.45, 7) is 6.37. The second kappa shape index (κ2) is 7.17. The van der Waals surface area contributed by atoms with Crippen LogP contribution in [0.4, 0.5) is 0 Å². The maximum atomic E-state index is 12.1. The van der Waals surface area contributed by atoms with Gasteiger partial charge in [0.05, 0.1) is 13.3 Å². The minimum atomic E-state index is -0.288. The number of phenolic OH excluding ortho intramolecular Hbond substituents is 1. The van der Waals surface area contributed by atoms with E-state index in [1.54, 1.807) is 24.3 Å². The van der Waals surface area contributed by atoms with Crippen molar-refractivity contribution in [3.05, 3.63) is 59.2 Å². The van der Waals surface area contributed by atoms with E-state index < -0.39 is 0 Å². The van der Waals surface area contributed by atoms with Crippen molar-refractivity contribution in [1.82, 2.24) is 5.43 Å². The standard InChI is InChI=1S/C19H22N2O3/c1-19(2,3)15-8-6-14(7-9-15)18(23)21-20-12-13-5-10-17(24-4)16(22)11-13/h5-12,22H,1-4H3,(H,21,23). The predicted octanol–water partition coefficient (Wildman–Crippen LogP) is 3.46. The number of hydrazone groups is 1. The van der Waals surface area contributed by atoms with Gasteiger partial charge in [-0.1, -0.05) is 32.9 Å². The lowest BCUT2D eigenvalue weighted by atomic mass is 9.87. The van der Waals surface area contributed by atoms with Crippen molar-refractivity contribution >= 4 is 12.1 Å². The average Bonchev–Trinajstić information content (AvgIpc) is 2.54. The molecule has 0 saturated heterocycles. The first kappa shape index (κ1) is 17.5. The molecule has 1 amide bonds. The van der Waals surface area contributed by atoms with Crippen LogP contribution in [0.15, 0.2) is 47.6 Å². The monoisotopic (exact) mass is 326 g/mol. The quantitative estimate of drug-likeness (QED) is 0.667. The van der Waals surface area contributed by atoms with Crippen LogP contribution in [0, 0.1) is 0 Å². The first-order valence-electron chi connectivity index (χ1n) is 7.62. The smallest absolute Gasteiger partial charge is 0.271 e. The number of amides is 1. The van der Waals surface area contributed by atoms with Gasteiger partial charge in [-0.15, -0.1) is 0 Å².